The highest BCUT2D eigenvalue weighted by atomic mass is 16.5. The summed E-state index contributed by atoms with van der Waals surface area (Å²) in [5.41, 5.74) is 0. The Morgan fingerprint density at radius 1 is 1.18 bits per heavy atom. The second-order valence-corrected chi connectivity index (χ2v) is 5.51. The van der Waals surface area contributed by atoms with Crippen LogP contribution in [0.15, 0.2) is 0 Å². The maximum absolute atomic E-state index is 5.31. The molecule has 3 heteroatoms. The lowest BCUT2D eigenvalue weighted by Gasteiger charge is -2.16. The molecule has 2 atom stereocenters. The molecule has 1 saturated carbocycles. The van der Waals surface area contributed by atoms with E-state index in [0.29, 0.717) is 0 Å². The highest BCUT2D eigenvalue weighted by Gasteiger charge is 2.35. The van der Waals surface area contributed by atoms with Crippen LogP contribution in [-0.2, 0) is 4.74 Å². The van der Waals surface area contributed by atoms with E-state index < -0.39 is 0 Å². The molecule has 1 heterocycles. The molecule has 0 amide bonds. The van der Waals surface area contributed by atoms with Gasteiger partial charge in [-0.1, -0.05) is 6.42 Å². The molecule has 1 N–H and O–H groups in total. The minimum absolute atomic E-state index is 0.844. The summed E-state index contributed by atoms with van der Waals surface area (Å²) in [5.74, 6) is 2.07. The van der Waals surface area contributed by atoms with Crippen LogP contribution in [0.5, 0.6) is 0 Å². The van der Waals surface area contributed by atoms with E-state index in [1.807, 2.05) is 0 Å². The molecule has 1 aliphatic heterocycles. The van der Waals surface area contributed by atoms with Gasteiger partial charge in [0.15, 0.2) is 0 Å². The summed E-state index contributed by atoms with van der Waals surface area (Å²) in [6, 6.07) is 0. The first-order valence-corrected chi connectivity index (χ1v) is 7.41. The highest BCUT2D eigenvalue weighted by Crippen LogP contribution is 2.37. The van der Waals surface area contributed by atoms with Gasteiger partial charge in [-0.25, -0.2) is 0 Å². The summed E-state index contributed by atoms with van der Waals surface area (Å²) in [5, 5.41) is 3.52. The number of rotatable bonds is 8. The molecule has 2 fully saturated rings. The molecule has 1 saturated heterocycles. The Kier molecular flexibility index (Phi) is 5.75. The van der Waals surface area contributed by atoms with Gasteiger partial charge in [-0.2, -0.15) is 0 Å². The van der Waals surface area contributed by atoms with E-state index in [-0.39, 0.29) is 0 Å². The molecule has 0 aromatic carbocycles. The Hall–Kier alpha value is -0.120. The smallest absolute Gasteiger partial charge is 0.0477 e. The average molecular weight is 240 g/mol. The topological polar surface area (TPSA) is 24.5 Å². The lowest BCUT2D eigenvalue weighted by molar-refractivity contribution is 0.144. The summed E-state index contributed by atoms with van der Waals surface area (Å²) in [4.78, 5) is 2.66. The molecule has 2 aliphatic rings. The van der Waals surface area contributed by atoms with Gasteiger partial charge in [0.25, 0.3) is 0 Å². The van der Waals surface area contributed by atoms with Gasteiger partial charge >= 0.3 is 0 Å². The van der Waals surface area contributed by atoms with E-state index in [0.717, 1.165) is 44.6 Å². The minimum Gasteiger partial charge on any atom is -0.382 e. The van der Waals surface area contributed by atoms with E-state index in [2.05, 4.69) is 17.1 Å². The lowest BCUT2D eigenvalue weighted by atomic mass is 10.0. The van der Waals surface area contributed by atoms with E-state index >= 15 is 0 Å². The van der Waals surface area contributed by atoms with Crippen molar-refractivity contribution in [3.8, 4) is 0 Å². The van der Waals surface area contributed by atoms with Crippen LogP contribution in [0, 0.1) is 11.8 Å². The Morgan fingerprint density at radius 2 is 1.94 bits per heavy atom. The number of hydrogen-bond donors (Lipinski definition) is 1. The molecule has 17 heavy (non-hydrogen) atoms. The van der Waals surface area contributed by atoms with Crippen molar-refractivity contribution in [1.82, 2.24) is 10.2 Å². The first-order valence-electron chi connectivity index (χ1n) is 7.41. The van der Waals surface area contributed by atoms with Crippen molar-refractivity contribution >= 4 is 0 Å². The summed E-state index contributed by atoms with van der Waals surface area (Å²) in [6.07, 6.45) is 5.60. The van der Waals surface area contributed by atoms with Crippen LogP contribution in [0.3, 0.4) is 0 Å². The van der Waals surface area contributed by atoms with Crippen LogP contribution >= 0.6 is 0 Å². The zero-order chi connectivity index (χ0) is 11.9. The molecule has 1 aliphatic carbocycles. The zero-order valence-electron chi connectivity index (χ0n) is 11.3. The molecule has 2 unspecified atom stereocenters. The Bertz CT molecular complexity index is 198. The van der Waals surface area contributed by atoms with Crippen LogP contribution in [0.25, 0.3) is 0 Å². The Morgan fingerprint density at radius 3 is 2.65 bits per heavy atom. The van der Waals surface area contributed by atoms with Crippen LogP contribution < -0.4 is 5.32 Å². The lowest BCUT2D eigenvalue weighted by Crippen LogP contribution is -2.31. The molecule has 0 aromatic rings. The fraction of sp³-hybridized carbons (Fsp3) is 1.00. The molecule has 2 rings (SSSR count). The van der Waals surface area contributed by atoms with Gasteiger partial charge in [0.05, 0.1) is 0 Å². The van der Waals surface area contributed by atoms with Crippen molar-refractivity contribution in [3.63, 3.8) is 0 Å². The van der Waals surface area contributed by atoms with Crippen LogP contribution in [0.1, 0.15) is 32.6 Å². The van der Waals surface area contributed by atoms with Crippen molar-refractivity contribution < 1.29 is 4.74 Å². The fourth-order valence-electron chi connectivity index (χ4n) is 3.32. The maximum atomic E-state index is 5.31. The van der Waals surface area contributed by atoms with Crippen LogP contribution in [-0.4, -0.2) is 50.8 Å². The van der Waals surface area contributed by atoms with Gasteiger partial charge in [0.1, 0.15) is 0 Å². The van der Waals surface area contributed by atoms with Crippen molar-refractivity contribution in [2.45, 2.75) is 32.6 Å². The first kappa shape index (κ1) is 13.3. The normalized spacial score (nSPS) is 28.8. The average Bonchev–Trinajstić information content (AvgIpc) is 2.88. The predicted molar refractivity (Wildman–Crippen MR) is 71.3 cm³/mol. The molecular weight excluding hydrogens is 212 g/mol. The second kappa shape index (κ2) is 7.34. The standard InChI is InChI=1S/C14H28N2O/c1-2-17-10-4-7-15-8-9-16-11-13-5-3-6-14(13)12-16/h13-15H,2-12H2,1H3. The predicted octanol–water partition coefficient (Wildman–Crippen LogP) is 1.73. The van der Waals surface area contributed by atoms with Gasteiger partial charge in [-0.15, -0.1) is 0 Å². The number of hydrogen-bond acceptors (Lipinski definition) is 3. The third kappa shape index (κ3) is 4.23. The third-order valence-electron chi connectivity index (χ3n) is 4.25. The first-order chi connectivity index (χ1) is 8.40. The molecule has 0 bridgehead atoms. The molecule has 0 radical (unpaired) electrons. The van der Waals surface area contributed by atoms with Crippen molar-refractivity contribution in [1.29, 1.82) is 0 Å². The Balaban J connectivity index is 1.44. The summed E-state index contributed by atoms with van der Waals surface area (Å²) in [6.45, 7) is 10.0. The molecule has 0 aromatic heterocycles. The van der Waals surface area contributed by atoms with Gasteiger partial charge < -0.3 is 15.0 Å². The number of nitrogens with one attached hydrogen (secondary N) is 1. The number of nitrogens with zero attached hydrogens (tertiary/aromatic N) is 1. The van der Waals surface area contributed by atoms with Gasteiger partial charge in [-0.05, 0) is 44.6 Å². The van der Waals surface area contributed by atoms with E-state index in [1.54, 1.807) is 0 Å². The summed E-state index contributed by atoms with van der Waals surface area (Å²) in [7, 11) is 0. The van der Waals surface area contributed by atoms with Crippen LogP contribution in [0.4, 0.5) is 0 Å². The quantitative estimate of drug-likeness (QED) is 0.654. The summed E-state index contributed by atoms with van der Waals surface area (Å²) >= 11 is 0. The Labute approximate surface area is 106 Å². The monoisotopic (exact) mass is 240 g/mol. The van der Waals surface area contributed by atoms with Gasteiger partial charge in [-0.3, -0.25) is 0 Å². The van der Waals surface area contributed by atoms with E-state index in [1.165, 1.54) is 38.9 Å². The van der Waals surface area contributed by atoms with Gasteiger partial charge in [0.2, 0.25) is 0 Å². The fourth-order valence-corrected chi connectivity index (χ4v) is 3.32. The molecular formula is C14H28N2O. The van der Waals surface area contributed by atoms with Gasteiger partial charge in [0, 0.05) is 39.4 Å². The second-order valence-electron chi connectivity index (χ2n) is 5.51. The zero-order valence-corrected chi connectivity index (χ0v) is 11.3. The number of fused-ring (bicyclic) bond motifs is 1. The van der Waals surface area contributed by atoms with E-state index in [4.69, 9.17) is 4.74 Å². The molecule has 0 spiro atoms. The molecule has 100 valence electrons. The van der Waals surface area contributed by atoms with E-state index in [9.17, 15) is 0 Å². The van der Waals surface area contributed by atoms with Crippen LogP contribution in [0.2, 0.25) is 0 Å². The largest absolute Gasteiger partial charge is 0.382 e. The van der Waals surface area contributed by atoms with Crippen molar-refractivity contribution in [2.24, 2.45) is 11.8 Å². The summed E-state index contributed by atoms with van der Waals surface area (Å²) < 4.78 is 5.31. The minimum atomic E-state index is 0.844. The third-order valence-corrected chi connectivity index (χ3v) is 4.25. The maximum Gasteiger partial charge on any atom is 0.0477 e. The molecule has 3 nitrogen and oxygen atoms in total. The van der Waals surface area contributed by atoms with Crippen molar-refractivity contribution in [3.05, 3.63) is 0 Å². The van der Waals surface area contributed by atoms with Crippen molar-refractivity contribution in [2.75, 3.05) is 45.9 Å². The SMILES string of the molecule is CCOCCCNCCN1CC2CCCC2C1. The number of likely N-dealkylation sites (tertiary alicyclic amines) is 1. The number of ether oxygens (including phenoxy) is 1. The highest BCUT2D eigenvalue weighted by molar-refractivity contribution is 4.88.